The second-order valence-electron chi connectivity index (χ2n) is 6.83. The number of carbonyl (C=O) groups excluding carboxylic acids is 1. The predicted octanol–water partition coefficient (Wildman–Crippen LogP) is 1.24. The van der Waals surface area contributed by atoms with E-state index in [1.54, 1.807) is 25.1 Å². The van der Waals surface area contributed by atoms with E-state index in [0.29, 0.717) is 11.5 Å². The summed E-state index contributed by atoms with van der Waals surface area (Å²) in [4.78, 5) is 39.2. The number of hydrogen-bond acceptors (Lipinski definition) is 7. The molecule has 156 valence electrons. The second-order valence-corrected chi connectivity index (χ2v) is 6.83. The average Bonchev–Trinajstić information content (AvgIpc) is 3.37. The SMILES string of the molecule is C=CCn1c(O)c(C2=NN(C(=O)CC)C(c3ccc4c(c3)OCO4)C2)c(=O)[nH]c1=O. The first kappa shape index (κ1) is 19.5. The summed E-state index contributed by atoms with van der Waals surface area (Å²) in [6.07, 6.45) is 1.80. The maximum absolute atomic E-state index is 12.5. The minimum Gasteiger partial charge on any atom is -0.494 e. The van der Waals surface area contributed by atoms with Gasteiger partial charge in [0.15, 0.2) is 11.5 Å². The Labute approximate surface area is 170 Å². The summed E-state index contributed by atoms with van der Waals surface area (Å²) in [5.74, 6) is 0.405. The molecule has 0 radical (unpaired) electrons. The van der Waals surface area contributed by atoms with Crippen LogP contribution in [-0.4, -0.2) is 38.1 Å². The molecule has 0 saturated carbocycles. The number of nitrogens with one attached hydrogen (secondary N) is 1. The number of aromatic amines is 1. The van der Waals surface area contributed by atoms with Crippen LogP contribution in [0.4, 0.5) is 0 Å². The topological polar surface area (TPSA) is 126 Å². The molecule has 2 aliphatic rings. The number of amides is 1. The minimum atomic E-state index is -0.771. The van der Waals surface area contributed by atoms with Gasteiger partial charge in [0.2, 0.25) is 18.6 Å². The fourth-order valence-corrected chi connectivity index (χ4v) is 3.55. The van der Waals surface area contributed by atoms with Crippen molar-refractivity contribution in [1.29, 1.82) is 0 Å². The van der Waals surface area contributed by atoms with Crippen molar-refractivity contribution in [2.75, 3.05) is 6.79 Å². The van der Waals surface area contributed by atoms with Gasteiger partial charge >= 0.3 is 5.69 Å². The summed E-state index contributed by atoms with van der Waals surface area (Å²) in [7, 11) is 0. The summed E-state index contributed by atoms with van der Waals surface area (Å²) in [5, 5.41) is 16.2. The van der Waals surface area contributed by atoms with Crippen molar-refractivity contribution < 1.29 is 19.4 Å². The lowest BCUT2D eigenvalue weighted by molar-refractivity contribution is -0.132. The van der Waals surface area contributed by atoms with Crippen LogP contribution in [0.5, 0.6) is 17.4 Å². The largest absolute Gasteiger partial charge is 0.494 e. The summed E-state index contributed by atoms with van der Waals surface area (Å²) >= 11 is 0. The summed E-state index contributed by atoms with van der Waals surface area (Å²) < 4.78 is 11.7. The number of benzene rings is 1. The number of H-pyrrole nitrogens is 1. The third-order valence-electron chi connectivity index (χ3n) is 5.02. The van der Waals surface area contributed by atoms with Crippen LogP contribution in [0.1, 0.15) is 36.9 Å². The van der Waals surface area contributed by atoms with Crippen LogP contribution in [0.25, 0.3) is 0 Å². The van der Waals surface area contributed by atoms with Gasteiger partial charge in [0, 0.05) is 19.4 Å². The first-order valence-electron chi connectivity index (χ1n) is 9.41. The standard InChI is InChI=1S/C20H20N4O6/c1-3-7-23-19(27)17(18(26)21-20(23)28)12-9-13(24(22-12)16(25)4-2)11-5-6-14-15(8-11)30-10-29-14/h3,5-6,8,13,27H,1,4,7,9-10H2,2H3,(H,21,26,28). The van der Waals surface area contributed by atoms with Gasteiger partial charge in [-0.05, 0) is 17.7 Å². The highest BCUT2D eigenvalue weighted by Gasteiger charge is 2.35. The third kappa shape index (κ3) is 3.15. The van der Waals surface area contributed by atoms with Crippen LogP contribution >= 0.6 is 0 Å². The molecule has 1 atom stereocenters. The predicted molar refractivity (Wildman–Crippen MR) is 107 cm³/mol. The first-order valence-corrected chi connectivity index (χ1v) is 9.41. The number of ether oxygens (including phenoxy) is 2. The van der Waals surface area contributed by atoms with E-state index in [2.05, 4.69) is 16.7 Å². The molecule has 1 unspecified atom stereocenters. The molecule has 3 heterocycles. The molecule has 4 rings (SSSR count). The van der Waals surface area contributed by atoms with Crippen molar-refractivity contribution in [3.8, 4) is 17.4 Å². The van der Waals surface area contributed by atoms with Gasteiger partial charge in [-0.2, -0.15) is 5.10 Å². The van der Waals surface area contributed by atoms with E-state index in [9.17, 15) is 19.5 Å². The lowest BCUT2D eigenvalue weighted by Crippen LogP contribution is -2.33. The average molecular weight is 412 g/mol. The maximum atomic E-state index is 12.5. The fraction of sp³-hybridized carbons (Fsp3) is 0.300. The van der Waals surface area contributed by atoms with Crippen molar-refractivity contribution >= 4 is 11.6 Å². The Morgan fingerprint density at radius 2 is 2.13 bits per heavy atom. The van der Waals surface area contributed by atoms with Crippen molar-refractivity contribution in [2.24, 2.45) is 5.10 Å². The van der Waals surface area contributed by atoms with E-state index in [1.807, 2.05) is 0 Å². The van der Waals surface area contributed by atoms with Crippen LogP contribution in [0.2, 0.25) is 0 Å². The zero-order valence-corrected chi connectivity index (χ0v) is 16.3. The zero-order chi connectivity index (χ0) is 21.4. The van der Waals surface area contributed by atoms with Crippen molar-refractivity contribution in [2.45, 2.75) is 32.4 Å². The minimum absolute atomic E-state index is 0.00488. The molecule has 1 aromatic carbocycles. The number of rotatable bonds is 5. The molecule has 0 saturated heterocycles. The Morgan fingerprint density at radius 1 is 1.37 bits per heavy atom. The number of allylic oxidation sites excluding steroid dienone is 1. The summed E-state index contributed by atoms with van der Waals surface area (Å²) in [6, 6.07) is 4.82. The van der Waals surface area contributed by atoms with Gasteiger partial charge in [0.05, 0.1) is 11.8 Å². The molecule has 10 heteroatoms. The number of nitrogens with zero attached hydrogens (tertiary/aromatic N) is 3. The molecule has 2 aromatic rings. The van der Waals surface area contributed by atoms with E-state index in [-0.39, 0.29) is 43.4 Å². The molecule has 10 nitrogen and oxygen atoms in total. The number of hydrazone groups is 1. The number of hydrogen-bond donors (Lipinski definition) is 2. The van der Waals surface area contributed by atoms with Crippen LogP contribution in [0.3, 0.4) is 0 Å². The van der Waals surface area contributed by atoms with Gasteiger partial charge in [0.25, 0.3) is 5.56 Å². The molecule has 1 aromatic heterocycles. The Morgan fingerprint density at radius 3 is 2.87 bits per heavy atom. The van der Waals surface area contributed by atoms with E-state index in [0.717, 1.165) is 10.1 Å². The molecular weight excluding hydrogens is 392 g/mol. The monoisotopic (exact) mass is 412 g/mol. The number of aromatic hydroxyl groups is 1. The fourth-order valence-electron chi connectivity index (χ4n) is 3.55. The van der Waals surface area contributed by atoms with Gasteiger partial charge in [-0.1, -0.05) is 19.1 Å². The number of carbonyl (C=O) groups is 1. The van der Waals surface area contributed by atoms with Crippen LogP contribution in [0.15, 0.2) is 45.5 Å². The Balaban J connectivity index is 1.78. The number of fused-ring (bicyclic) bond motifs is 1. The molecule has 2 aliphatic heterocycles. The number of aromatic nitrogens is 2. The normalized spacial score (nSPS) is 17.2. The smallest absolute Gasteiger partial charge is 0.331 e. The Hall–Kier alpha value is -3.82. The Kier molecular flexibility index (Phi) is 4.90. The molecule has 0 bridgehead atoms. The molecule has 2 N–H and O–H groups in total. The van der Waals surface area contributed by atoms with Gasteiger partial charge in [-0.3, -0.25) is 19.1 Å². The summed E-state index contributed by atoms with van der Waals surface area (Å²) in [6.45, 7) is 5.38. The molecule has 1 amide bonds. The van der Waals surface area contributed by atoms with Crippen molar-refractivity contribution in [1.82, 2.24) is 14.6 Å². The van der Waals surface area contributed by atoms with E-state index < -0.39 is 23.2 Å². The van der Waals surface area contributed by atoms with E-state index in [1.165, 1.54) is 11.1 Å². The second kappa shape index (κ2) is 7.54. The van der Waals surface area contributed by atoms with Gasteiger partial charge in [0.1, 0.15) is 5.56 Å². The lowest BCUT2D eigenvalue weighted by Gasteiger charge is -2.21. The highest BCUT2D eigenvalue weighted by molar-refractivity contribution is 6.04. The molecule has 0 fully saturated rings. The summed E-state index contributed by atoms with van der Waals surface area (Å²) in [5.41, 5.74) is -0.722. The molecule has 30 heavy (non-hydrogen) atoms. The van der Waals surface area contributed by atoms with Gasteiger partial charge < -0.3 is 14.6 Å². The lowest BCUT2D eigenvalue weighted by atomic mass is 9.98. The highest BCUT2D eigenvalue weighted by Crippen LogP contribution is 2.39. The van der Waals surface area contributed by atoms with E-state index >= 15 is 0 Å². The van der Waals surface area contributed by atoms with Crippen LogP contribution in [0, 0.1) is 0 Å². The maximum Gasteiger partial charge on any atom is 0.331 e. The third-order valence-corrected chi connectivity index (χ3v) is 5.02. The van der Waals surface area contributed by atoms with E-state index in [4.69, 9.17) is 9.47 Å². The quantitative estimate of drug-likeness (QED) is 0.712. The molecule has 0 aliphatic carbocycles. The highest BCUT2D eigenvalue weighted by atomic mass is 16.7. The van der Waals surface area contributed by atoms with Gasteiger partial charge in [-0.15, -0.1) is 6.58 Å². The van der Waals surface area contributed by atoms with Crippen molar-refractivity contribution in [3.05, 3.63) is 62.8 Å². The van der Waals surface area contributed by atoms with Crippen LogP contribution < -0.4 is 20.7 Å². The van der Waals surface area contributed by atoms with Crippen LogP contribution in [-0.2, 0) is 11.3 Å². The van der Waals surface area contributed by atoms with Crippen molar-refractivity contribution in [3.63, 3.8) is 0 Å². The molecule has 0 spiro atoms. The molecular formula is C20H20N4O6. The zero-order valence-electron chi connectivity index (χ0n) is 16.3. The first-order chi connectivity index (χ1) is 14.4. The Bertz CT molecular complexity index is 1180. The van der Waals surface area contributed by atoms with Gasteiger partial charge in [-0.25, -0.2) is 9.80 Å².